The number of halogens is 2. The maximum atomic E-state index is 5.50. The first-order valence-corrected chi connectivity index (χ1v) is 24.1. The summed E-state index contributed by atoms with van der Waals surface area (Å²) in [4.78, 5) is 0. The van der Waals surface area contributed by atoms with Gasteiger partial charge in [0.05, 0.1) is 0 Å². The Hall–Kier alpha value is -2.05. The average molecular weight is 717 g/mol. The van der Waals surface area contributed by atoms with Crippen molar-refractivity contribution >= 4 is 43.4 Å². The van der Waals surface area contributed by atoms with E-state index in [0.29, 0.717) is 0 Å². The van der Waals surface area contributed by atoms with Crippen LogP contribution in [0.5, 0.6) is 0 Å². The monoisotopic (exact) mass is 714 g/mol. The summed E-state index contributed by atoms with van der Waals surface area (Å²) in [5, 5.41) is 0. The van der Waals surface area contributed by atoms with Gasteiger partial charge in [-0.1, -0.05) is 0 Å². The summed E-state index contributed by atoms with van der Waals surface area (Å²) in [5.41, 5.74) is 16.2. The van der Waals surface area contributed by atoms with E-state index in [0.717, 1.165) is 12.8 Å². The summed E-state index contributed by atoms with van der Waals surface area (Å²) in [6.07, 6.45) is 9.56. The van der Waals surface area contributed by atoms with Gasteiger partial charge < -0.3 is 0 Å². The molecule has 0 unspecified atom stereocenters. The standard InChI is InChI=1S/C25H25.C9H13.C6H5.CH3.CH2.2ClH.Zr/c1-14-12-24(3,4)22-8-16-7-17-9-23-19(15(2)13-25(23,5)6)11-21(17)20(16)10-18(14)22;1-9(2,3)8-6-4-5-7-8;1-2-4-6-5-3-1;;;;;/h8-12H,7H2,1-6H3;6-7H,4H2,1-3H3;1-5H;1H3;1H2;2*1H;. The molecule has 0 aromatic heterocycles. The topological polar surface area (TPSA) is 0 Å². The number of fused-ring (bicyclic) bond motifs is 5. The number of benzene rings is 3. The fourth-order valence-corrected chi connectivity index (χ4v) is 25.0. The van der Waals surface area contributed by atoms with Gasteiger partial charge >= 0.3 is 262 Å². The van der Waals surface area contributed by atoms with Crippen molar-refractivity contribution < 1.29 is 18.3 Å². The molecule has 0 saturated heterocycles. The number of allylic oxidation sites excluding steroid dienone is 8. The average Bonchev–Trinajstić information content (AvgIpc) is 3.66. The SMILES string of the molecule is Cl.Cl.[CH2]=[Zr]([CH3])([C]1=CC(C(C)(C)C)=CC1)([C]1=C(C)c2cc3c(cc2C1(C)C)Cc1cc2c(cc1-3)C(C)=CC2(C)C)[c]1ccccc1. The van der Waals surface area contributed by atoms with Crippen LogP contribution >= 0.6 is 24.8 Å². The zero-order chi connectivity index (χ0) is 30.9. The van der Waals surface area contributed by atoms with Gasteiger partial charge in [-0.3, -0.25) is 0 Å². The fourth-order valence-electron chi connectivity index (χ4n) is 9.66. The Bertz CT molecular complexity index is 1970. The normalized spacial score (nSPS) is 19.0. The zero-order valence-electron chi connectivity index (χ0n) is 28.9. The first-order valence-electron chi connectivity index (χ1n) is 16.2. The van der Waals surface area contributed by atoms with Crippen LogP contribution in [0.4, 0.5) is 0 Å². The molecule has 3 aromatic carbocycles. The predicted octanol–water partition coefficient (Wildman–Crippen LogP) is 11.6. The molecule has 4 aliphatic carbocycles. The van der Waals surface area contributed by atoms with Crippen molar-refractivity contribution in [3.8, 4) is 11.1 Å². The summed E-state index contributed by atoms with van der Waals surface area (Å²) in [7, 11) is 0. The van der Waals surface area contributed by atoms with Gasteiger partial charge in [-0.25, -0.2) is 0 Å². The van der Waals surface area contributed by atoms with Gasteiger partial charge in [0, 0.05) is 0 Å². The van der Waals surface area contributed by atoms with Gasteiger partial charge in [-0.05, 0) is 0 Å². The molecule has 0 N–H and O–H groups in total. The van der Waals surface area contributed by atoms with Crippen LogP contribution in [0.25, 0.3) is 22.3 Å². The third kappa shape index (κ3) is 4.65. The first-order chi connectivity index (χ1) is 19.9. The van der Waals surface area contributed by atoms with E-state index in [4.69, 9.17) is 4.21 Å². The molecule has 0 spiro atoms. The number of hydrogen-bond donors (Lipinski definition) is 0. The molecule has 0 fully saturated rings. The van der Waals surface area contributed by atoms with E-state index < -0.39 is 18.3 Å². The third-order valence-corrected chi connectivity index (χ3v) is 27.3. The van der Waals surface area contributed by atoms with E-state index in [-0.39, 0.29) is 41.1 Å². The van der Waals surface area contributed by atoms with Gasteiger partial charge in [-0.15, -0.1) is 24.8 Å². The second kappa shape index (κ2) is 10.5. The Balaban J connectivity index is 0.00000200. The van der Waals surface area contributed by atoms with Crippen LogP contribution in [0.15, 0.2) is 85.0 Å². The van der Waals surface area contributed by atoms with Crippen molar-refractivity contribution in [3.05, 3.63) is 118 Å². The van der Waals surface area contributed by atoms with E-state index in [9.17, 15) is 0 Å². The molecule has 3 aromatic rings. The Morgan fingerprint density at radius 2 is 1.36 bits per heavy atom. The molecule has 0 aliphatic heterocycles. The Labute approximate surface area is 285 Å². The zero-order valence-corrected chi connectivity index (χ0v) is 33.0. The molecule has 0 amide bonds. The van der Waals surface area contributed by atoms with Crippen molar-refractivity contribution in [2.45, 2.75) is 90.6 Å². The third-order valence-electron chi connectivity index (χ3n) is 11.8. The van der Waals surface area contributed by atoms with E-state index in [1.54, 1.807) is 6.56 Å². The predicted molar refractivity (Wildman–Crippen MR) is 201 cm³/mol. The van der Waals surface area contributed by atoms with E-state index in [1.807, 2.05) is 0 Å². The maximum absolute atomic E-state index is 5.50. The van der Waals surface area contributed by atoms with E-state index in [1.165, 1.54) is 64.5 Å². The molecule has 4 aliphatic rings. The Morgan fingerprint density at radius 1 is 0.778 bits per heavy atom. The van der Waals surface area contributed by atoms with Crippen molar-refractivity contribution in [1.29, 1.82) is 0 Å². The molecule has 3 heteroatoms. The first kappa shape index (κ1) is 34.3. The molecule has 0 radical (unpaired) electrons. The van der Waals surface area contributed by atoms with E-state index in [2.05, 4.69) is 140 Å². The fraction of sp³-hybridized carbons (Fsp3) is 0.357. The van der Waals surface area contributed by atoms with Gasteiger partial charge in [0.25, 0.3) is 0 Å². The number of rotatable bonds is 3. The second-order valence-corrected chi connectivity index (χ2v) is 30.7. The quantitative estimate of drug-likeness (QED) is 0.198. The van der Waals surface area contributed by atoms with Crippen LogP contribution in [-0.4, -0.2) is 4.21 Å². The van der Waals surface area contributed by atoms with Crippen molar-refractivity contribution in [2.24, 2.45) is 5.41 Å². The van der Waals surface area contributed by atoms with Crippen LogP contribution in [-0.2, 0) is 35.5 Å². The molecular weight excluding hydrogens is 667 g/mol. The van der Waals surface area contributed by atoms with Gasteiger partial charge in [0.1, 0.15) is 0 Å². The summed E-state index contributed by atoms with van der Waals surface area (Å²) in [5.74, 6) is 0. The minimum absolute atomic E-state index is 0. The summed E-state index contributed by atoms with van der Waals surface area (Å²) in [6.45, 7) is 21.4. The molecule has 236 valence electrons. The molecule has 0 atom stereocenters. The summed E-state index contributed by atoms with van der Waals surface area (Å²) >= 11 is -4.25. The van der Waals surface area contributed by atoms with Crippen LogP contribution in [0.2, 0.25) is 4.63 Å². The minimum atomic E-state index is -4.25. The molecule has 0 saturated carbocycles. The molecule has 45 heavy (non-hydrogen) atoms. The van der Waals surface area contributed by atoms with Crippen LogP contribution in [0, 0.1) is 5.41 Å². The van der Waals surface area contributed by atoms with Crippen molar-refractivity contribution in [2.75, 3.05) is 0 Å². The van der Waals surface area contributed by atoms with Gasteiger partial charge in [0.2, 0.25) is 0 Å². The molecule has 7 rings (SSSR count). The van der Waals surface area contributed by atoms with Crippen LogP contribution < -0.4 is 3.27 Å². The molecule has 0 nitrogen and oxygen atoms in total. The molecule has 0 heterocycles. The van der Waals surface area contributed by atoms with Gasteiger partial charge in [-0.2, -0.15) is 0 Å². The summed E-state index contributed by atoms with van der Waals surface area (Å²) < 4.78 is 12.8. The van der Waals surface area contributed by atoms with Crippen LogP contribution in [0.1, 0.15) is 102 Å². The van der Waals surface area contributed by atoms with Crippen molar-refractivity contribution in [1.82, 2.24) is 0 Å². The van der Waals surface area contributed by atoms with E-state index >= 15 is 0 Å². The second-order valence-electron chi connectivity index (χ2n) is 16.6. The number of hydrogen-bond acceptors (Lipinski definition) is 0. The van der Waals surface area contributed by atoms with Gasteiger partial charge in [0.15, 0.2) is 0 Å². The summed E-state index contributed by atoms with van der Waals surface area (Å²) in [6, 6.07) is 21.6. The molecular formula is C42H50Cl2Zr. The van der Waals surface area contributed by atoms with Crippen molar-refractivity contribution in [3.63, 3.8) is 0 Å². The Morgan fingerprint density at radius 3 is 1.93 bits per heavy atom. The Kier molecular flexibility index (Phi) is 7.98. The molecule has 0 bridgehead atoms. The van der Waals surface area contributed by atoms with Crippen LogP contribution in [0.3, 0.4) is 0 Å².